The second kappa shape index (κ2) is 8.71. The van der Waals surface area contributed by atoms with Crippen molar-refractivity contribution in [1.82, 2.24) is 4.57 Å². The van der Waals surface area contributed by atoms with Crippen LogP contribution in [0.15, 0.2) is 146 Å². The number of benzene rings is 5. The monoisotopic (exact) mass is 499 g/mol. The molecule has 1 heterocycles. The van der Waals surface area contributed by atoms with Crippen LogP contribution in [0.1, 0.15) is 41.1 Å². The maximum atomic E-state index is 2.59. The third kappa shape index (κ3) is 3.14. The number of para-hydroxylation sites is 1. The van der Waals surface area contributed by atoms with Crippen molar-refractivity contribution in [2.75, 3.05) is 0 Å². The Bertz CT molecular complexity index is 1860. The fraction of sp³-hybridized carbons (Fsp3) is 0.105. The summed E-state index contributed by atoms with van der Waals surface area (Å²) >= 11 is 0. The summed E-state index contributed by atoms with van der Waals surface area (Å²) in [5.74, 6) is 0. The van der Waals surface area contributed by atoms with Gasteiger partial charge in [0.15, 0.2) is 0 Å². The molecule has 0 amide bonds. The minimum Gasteiger partial charge on any atom is -0.333 e. The van der Waals surface area contributed by atoms with Crippen LogP contribution < -0.4 is 0 Å². The van der Waals surface area contributed by atoms with Crippen LogP contribution in [0.4, 0.5) is 0 Å². The highest BCUT2D eigenvalue weighted by molar-refractivity contribution is 6.11. The summed E-state index contributed by atoms with van der Waals surface area (Å²) in [5, 5.41) is 2.66. The van der Waals surface area contributed by atoms with Gasteiger partial charge in [-0.15, -0.1) is 0 Å². The van der Waals surface area contributed by atoms with E-state index in [-0.39, 0.29) is 5.41 Å². The molecule has 1 atom stereocenters. The zero-order valence-corrected chi connectivity index (χ0v) is 21.8. The van der Waals surface area contributed by atoms with E-state index in [9.17, 15) is 0 Å². The average molecular weight is 500 g/mol. The third-order valence-electron chi connectivity index (χ3n) is 8.83. The summed E-state index contributed by atoms with van der Waals surface area (Å²) in [5.41, 5.74) is 10.3. The van der Waals surface area contributed by atoms with E-state index in [0.717, 1.165) is 12.8 Å². The number of fused-ring (bicyclic) bond motifs is 6. The van der Waals surface area contributed by atoms with Crippen LogP contribution >= 0.6 is 0 Å². The molecule has 6 aromatic rings. The number of aromatic nitrogens is 1. The molecule has 1 nitrogen and oxygen atoms in total. The summed E-state index contributed by atoms with van der Waals surface area (Å²) < 4.78 is 2.59. The Morgan fingerprint density at radius 3 is 2.05 bits per heavy atom. The summed E-state index contributed by atoms with van der Waals surface area (Å²) in [6, 6.07) is 45.5. The van der Waals surface area contributed by atoms with E-state index in [1.807, 2.05) is 0 Å². The molecular formula is C38H29N. The minimum atomic E-state index is -0.377. The smallest absolute Gasteiger partial charge is 0.0713 e. The number of hydrogen-bond acceptors (Lipinski definition) is 0. The normalized spacial score (nSPS) is 17.3. The molecule has 1 heteroatoms. The van der Waals surface area contributed by atoms with Crippen LogP contribution in [0.3, 0.4) is 0 Å². The van der Waals surface area contributed by atoms with Crippen LogP contribution in [-0.4, -0.2) is 4.57 Å². The van der Waals surface area contributed by atoms with Crippen molar-refractivity contribution in [3.63, 3.8) is 0 Å². The van der Waals surface area contributed by atoms with E-state index in [1.54, 1.807) is 0 Å². The second-order valence-electron chi connectivity index (χ2n) is 10.8. The van der Waals surface area contributed by atoms with Gasteiger partial charge in [-0.1, -0.05) is 127 Å². The van der Waals surface area contributed by atoms with Gasteiger partial charge in [-0.3, -0.25) is 0 Å². The van der Waals surface area contributed by atoms with Gasteiger partial charge in [-0.2, -0.15) is 0 Å². The lowest BCUT2D eigenvalue weighted by Gasteiger charge is -2.34. The van der Waals surface area contributed by atoms with Crippen molar-refractivity contribution in [2.45, 2.75) is 24.3 Å². The number of allylic oxidation sites excluding steroid dienone is 4. The molecule has 8 rings (SSSR count). The van der Waals surface area contributed by atoms with Gasteiger partial charge >= 0.3 is 0 Å². The Morgan fingerprint density at radius 2 is 1.26 bits per heavy atom. The van der Waals surface area contributed by atoms with Crippen LogP contribution in [0.5, 0.6) is 0 Å². The van der Waals surface area contributed by atoms with Crippen molar-refractivity contribution >= 4 is 21.8 Å². The Kier molecular flexibility index (Phi) is 5.00. The van der Waals surface area contributed by atoms with E-state index in [1.165, 1.54) is 55.2 Å². The molecule has 1 aromatic heterocycles. The predicted molar refractivity (Wildman–Crippen MR) is 163 cm³/mol. The first-order chi connectivity index (χ1) is 19.4. The van der Waals surface area contributed by atoms with E-state index >= 15 is 0 Å². The molecule has 0 saturated carbocycles. The first kappa shape index (κ1) is 22.4. The number of nitrogens with zero attached hydrogens (tertiary/aromatic N) is 1. The quantitative estimate of drug-likeness (QED) is 0.228. The third-order valence-corrected chi connectivity index (χ3v) is 8.83. The van der Waals surface area contributed by atoms with Gasteiger partial charge in [0, 0.05) is 16.3 Å². The Balaban J connectivity index is 1.53. The Hall–Kier alpha value is -4.62. The van der Waals surface area contributed by atoms with Gasteiger partial charge in [0.1, 0.15) is 0 Å². The van der Waals surface area contributed by atoms with E-state index in [4.69, 9.17) is 0 Å². The molecule has 0 fully saturated rings. The first-order valence-electron chi connectivity index (χ1n) is 14.0. The average Bonchev–Trinajstić information content (AvgIpc) is 3.31. The van der Waals surface area contributed by atoms with Gasteiger partial charge in [0.2, 0.25) is 0 Å². The SMILES string of the molecule is C1=CCCC(n2c3ccccc3c3cc4c(cc32)-c2ccccc2C4(c2ccccc2)c2ccccc2)C=C1. The van der Waals surface area contributed by atoms with Crippen molar-refractivity contribution in [2.24, 2.45) is 0 Å². The topological polar surface area (TPSA) is 4.93 Å². The molecule has 2 aliphatic carbocycles. The van der Waals surface area contributed by atoms with Crippen LogP contribution in [0.2, 0.25) is 0 Å². The van der Waals surface area contributed by atoms with Gasteiger partial charge in [0.05, 0.1) is 17.0 Å². The van der Waals surface area contributed by atoms with Crippen LogP contribution in [-0.2, 0) is 5.41 Å². The van der Waals surface area contributed by atoms with Crippen molar-refractivity contribution in [3.8, 4) is 11.1 Å². The van der Waals surface area contributed by atoms with Gasteiger partial charge in [-0.05, 0) is 64.4 Å². The first-order valence-corrected chi connectivity index (χ1v) is 14.0. The predicted octanol–water partition coefficient (Wildman–Crippen LogP) is 9.60. The molecule has 2 aliphatic rings. The van der Waals surface area contributed by atoms with Crippen LogP contribution in [0, 0.1) is 0 Å². The molecule has 1 unspecified atom stereocenters. The van der Waals surface area contributed by atoms with Crippen LogP contribution in [0.25, 0.3) is 32.9 Å². The fourth-order valence-electron chi connectivity index (χ4n) is 7.24. The molecule has 0 aliphatic heterocycles. The number of hydrogen-bond donors (Lipinski definition) is 0. The van der Waals surface area contributed by atoms with Gasteiger partial charge < -0.3 is 4.57 Å². The van der Waals surface area contributed by atoms with E-state index in [2.05, 4.69) is 150 Å². The number of rotatable bonds is 3. The standard InChI is InChI=1S/C38H29N/c1-2-10-20-29(19-9-1)39-36-24-14-12-22-31(36)33-25-35-32(26-37(33)39)30-21-11-13-23-34(30)38(35,27-15-5-3-6-16-27)28-17-7-4-8-18-28/h1-9,11-19,21-26,29H,10,20H2. The molecule has 5 aromatic carbocycles. The largest absolute Gasteiger partial charge is 0.333 e. The summed E-state index contributed by atoms with van der Waals surface area (Å²) in [6.45, 7) is 0. The zero-order valence-electron chi connectivity index (χ0n) is 21.8. The summed E-state index contributed by atoms with van der Waals surface area (Å²) in [6.07, 6.45) is 11.3. The Morgan fingerprint density at radius 1 is 0.564 bits per heavy atom. The highest BCUT2D eigenvalue weighted by Crippen LogP contribution is 2.57. The highest BCUT2D eigenvalue weighted by Gasteiger charge is 2.46. The Labute approximate surface area is 229 Å². The molecule has 0 spiro atoms. The second-order valence-corrected chi connectivity index (χ2v) is 10.8. The summed E-state index contributed by atoms with van der Waals surface area (Å²) in [7, 11) is 0. The maximum absolute atomic E-state index is 2.59. The molecule has 0 bridgehead atoms. The lowest BCUT2D eigenvalue weighted by molar-refractivity contribution is 0.598. The lowest BCUT2D eigenvalue weighted by atomic mass is 9.67. The van der Waals surface area contributed by atoms with Gasteiger partial charge in [0.25, 0.3) is 0 Å². The fourth-order valence-corrected chi connectivity index (χ4v) is 7.24. The lowest BCUT2D eigenvalue weighted by Crippen LogP contribution is -2.28. The molecule has 0 N–H and O–H groups in total. The van der Waals surface area contributed by atoms with Crippen molar-refractivity contribution in [3.05, 3.63) is 168 Å². The minimum absolute atomic E-state index is 0.324. The highest BCUT2D eigenvalue weighted by atomic mass is 15.0. The molecular weight excluding hydrogens is 470 g/mol. The van der Waals surface area contributed by atoms with E-state index in [0.29, 0.717) is 6.04 Å². The molecule has 0 radical (unpaired) electrons. The molecule has 39 heavy (non-hydrogen) atoms. The maximum Gasteiger partial charge on any atom is 0.0713 e. The van der Waals surface area contributed by atoms with Gasteiger partial charge in [-0.25, -0.2) is 0 Å². The molecule has 0 saturated heterocycles. The summed E-state index contributed by atoms with van der Waals surface area (Å²) in [4.78, 5) is 0. The molecule has 186 valence electrons. The van der Waals surface area contributed by atoms with E-state index < -0.39 is 0 Å². The zero-order chi connectivity index (χ0) is 25.8. The van der Waals surface area contributed by atoms with Crippen molar-refractivity contribution < 1.29 is 0 Å². The van der Waals surface area contributed by atoms with Crippen molar-refractivity contribution in [1.29, 1.82) is 0 Å².